The van der Waals surface area contributed by atoms with Gasteiger partial charge in [0.05, 0.1) is 37.8 Å². The van der Waals surface area contributed by atoms with Crippen molar-refractivity contribution in [2.45, 2.75) is 44.9 Å². The van der Waals surface area contributed by atoms with Gasteiger partial charge in [0.15, 0.2) is 17.3 Å². The fourth-order valence-corrected chi connectivity index (χ4v) is 4.78. The molecule has 0 spiro atoms. The van der Waals surface area contributed by atoms with E-state index in [0.29, 0.717) is 29.3 Å². The van der Waals surface area contributed by atoms with Crippen LogP contribution in [0.4, 0.5) is 11.4 Å². The maximum absolute atomic E-state index is 13.1. The summed E-state index contributed by atoms with van der Waals surface area (Å²) in [5, 5.41) is 3.57. The lowest BCUT2D eigenvalue weighted by atomic mass is 9.97. The second kappa shape index (κ2) is 8.56. The molecule has 2 aromatic rings. The normalized spacial score (nSPS) is 20.4. The number of hydrogen-bond acceptors (Lipinski definition) is 6. The van der Waals surface area contributed by atoms with Gasteiger partial charge in [0.1, 0.15) is 0 Å². The number of carbonyl (C=O) groups excluding carboxylic acids is 1. The molecule has 30 heavy (non-hydrogen) atoms. The predicted octanol–water partition coefficient (Wildman–Crippen LogP) is 4.02. The molecular formula is C24H31N3O3. The molecule has 0 aromatic heterocycles. The Kier molecular flexibility index (Phi) is 5.86. The molecule has 2 atom stereocenters. The van der Waals surface area contributed by atoms with Crippen molar-refractivity contribution >= 4 is 17.2 Å². The summed E-state index contributed by atoms with van der Waals surface area (Å²) in [6.07, 6.45) is 2.39. The van der Waals surface area contributed by atoms with Crippen LogP contribution in [0.5, 0.6) is 11.5 Å². The molecule has 0 bridgehead atoms. The van der Waals surface area contributed by atoms with Crippen LogP contribution in [0, 0.1) is 0 Å². The van der Waals surface area contributed by atoms with Crippen LogP contribution in [0.15, 0.2) is 42.5 Å². The van der Waals surface area contributed by atoms with Crippen molar-refractivity contribution in [1.82, 2.24) is 4.90 Å². The number of carbonyl (C=O) groups is 1. The molecule has 6 heteroatoms. The Morgan fingerprint density at radius 2 is 1.77 bits per heavy atom. The van der Waals surface area contributed by atoms with Gasteiger partial charge < -0.3 is 19.7 Å². The fourth-order valence-electron chi connectivity index (χ4n) is 4.78. The highest BCUT2D eigenvalue weighted by Crippen LogP contribution is 2.38. The number of rotatable bonds is 6. The van der Waals surface area contributed by atoms with Crippen molar-refractivity contribution < 1.29 is 14.3 Å². The smallest absolute Gasteiger partial charge is 0.179 e. The summed E-state index contributed by atoms with van der Waals surface area (Å²) in [4.78, 5) is 17.9. The average Bonchev–Trinajstić information content (AvgIpc) is 3.13. The number of nitrogens with zero attached hydrogens (tertiary/aromatic N) is 2. The third kappa shape index (κ3) is 3.72. The van der Waals surface area contributed by atoms with Gasteiger partial charge in [0, 0.05) is 24.7 Å². The third-order valence-corrected chi connectivity index (χ3v) is 6.45. The molecule has 2 unspecified atom stereocenters. The van der Waals surface area contributed by atoms with Crippen LogP contribution in [0.3, 0.4) is 0 Å². The summed E-state index contributed by atoms with van der Waals surface area (Å²) >= 11 is 0. The molecule has 160 valence electrons. The van der Waals surface area contributed by atoms with Crippen LogP contribution in [0.25, 0.3) is 0 Å². The fraction of sp³-hybridized carbons (Fsp3) is 0.458. The van der Waals surface area contributed by atoms with Crippen molar-refractivity contribution in [3.63, 3.8) is 0 Å². The number of ether oxygens (including phenoxy) is 2. The van der Waals surface area contributed by atoms with E-state index in [1.807, 2.05) is 13.0 Å². The third-order valence-electron chi connectivity index (χ3n) is 6.45. The van der Waals surface area contributed by atoms with Gasteiger partial charge in [-0.1, -0.05) is 12.1 Å². The van der Waals surface area contributed by atoms with Crippen LogP contribution < -0.4 is 19.7 Å². The first-order valence-electron chi connectivity index (χ1n) is 10.7. The first-order valence-corrected chi connectivity index (χ1v) is 10.7. The molecule has 2 aliphatic heterocycles. The molecule has 1 N–H and O–H groups in total. The molecule has 4 rings (SSSR count). The first-order chi connectivity index (χ1) is 14.5. The number of hydrogen-bond donors (Lipinski definition) is 1. The standard InChI is InChI=1S/C24H31N3O3/c1-16(24(28)18-9-10-22(29-3)23(15-18)30-4)26-13-11-19(12-14-26)27-17(2)25-20-7-5-6-8-21(20)27/h5-10,15-17,19,25H,11-14H2,1-4H3. The number of Topliss-reactive ketones (excluding diaryl/α,β-unsaturated/α-hetero) is 1. The molecular weight excluding hydrogens is 378 g/mol. The summed E-state index contributed by atoms with van der Waals surface area (Å²) in [6, 6.07) is 14.2. The Morgan fingerprint density at radius 3 is 2.47 bits per heavy atom. The number of para-hydroxylation sites is 2. The minimum absolute atomic E-state index is 0.121. The largest absolute Gasteiger partial charge is 0.493 e. The molecule has 6 nitrogen and oxygen atoms in total. The lowest BCUT2D eigenvalue weighted by molar-refractivity contribution is 0.0794. The van der Waals surface area contributed by atoms with Crippen LogP contribution in [0.2, 0.25) is 0 Å². The number of likely N-dealkylation sites (tertiary alicyclic amines) is 1. The van der Waals surface area contributed by atoms with Gasteiger partial charge in [-0.15, -0.1) is 0 Å². The number of benzene rings is 2. The second-order valence-corrected chi connectivity index (χ2v) is 8.12. The van der Waals surface area contributed by atoms with Gasteiger partial charge in [-0.25, -0.2) is 0 Å². The van der Waals surface area contributed by atoms with Crippen LogP contribution >= 0.6 is 0 Å². The van der Waals surface area contributed by atoms with Crippen molar-refractivity contribution in [3.05, 3.63) is 48.0 Å². The summed E-state index contributed by atoms with van der Waals surface area (Å²) in [6.45, 7) is 6.05. The quantitative estimate of drug-likeness (QED) is 0.728. The van der Waals surface area contributed by atoms with Gasteiger partial charge in [0.2, 0.25) is 0 Å². The molecule has 1 fully saturated rings. The monoisotopic (exact) mass is 409 g/mol. The first kappa shape index (κ1) is 20.5. The van der Waals surface area contributed by atoms with E-state index in [1.165, 1.54) is 11.4 Å². The minimum Gasteiger partial charge on any atom is -0.493 e. The van der Waals surface area contributed by atoms with Crippen LogP contribution in [-0.2, 0) is 0 Å². The van der Waals surface area contributed by atoms with E-state index < -0.39 is 0 Å². The molecule has 0 aliphatic carbocycles. The van der Waals surface area contributed by atoms with Crippen LogP contribution in [-0.4, -0.2) is 56.2 Å². The average molecular weight is 410 g/mol. The van der Waals surface area contributed by atoms with Crippen LogP contribution in [0.1, 0.15) is 37.0 Å². The lowest BCUT2D eigenvalue weighted by Crippen LogP contribution is -2.51. The summed E-state index contributed by atoms with van der Waals surface area (Å²) in [5.74, 6) is 1.34. The van der Waals surface area contributed by atoms with E-state index in [9.17, 15) is 4.79 Å². The zero-order chi connectivity index (χ0) is 21.3. The van der Waals surface area contributed by atoms with Crippen molar-refractivity contribution in [3.8, 4) is 11.5 Å². The minimum atomic E-state index is -0.162. The Labute approximate surface area is 178 Å². The second-order valence-electron chi connectivity index (χ2n) is 8.12. The van der Waals surface area contributed by atoms with Gasteiger partial charge >= 0.3 is 0 Å². The topological polar surface area (TPSA) is 54.0 Å². The molecule has 2 aromatic carbocycles. The number of anilines is 2. The van der Waals surface area contributed by atoms with E-state index in [0.717, 1.165) is 25.9 Å². The Morgan fingerprint density at radius 1 is 1.07 bits per heavy atom. The molecule has 0 radical (unpaired) electrons. The summed E-state index contributed by atoms with van der Waals surface area (Å²) in [7, 11) is 3.19. The molecule has 0 saturated carbocycles. The summed E-state index contributed by atoms with van der Waals surface area (Å²) in [5.41, 5.74) is 3.16. The van der Waals surface area contributed by atoms with E-state index in [-0.39, 0.29) is 11.8 Å². The van der Waals surface area contributed by atoms with Gasteiger partial charge in [-0.3, -0.25) is 9.69 Å². The van der Waals surface area contributed by atoms with E-state index in [4.69, 9.17) is 9.47 Å². The lowest BCUT2D eigenvalue weighted by Gasteiger charge is -2.41. The number of piperidine rings is 1. The highest BCUT2D eigenvalue weighted by Gasteiger charge is 2.35. The van der Waals surface area contributed by atoms with Crippen molar-refractivity contribution in [2.75, 3.05) is 37.5 Å². The number of ketones is 1. The van der Waals surface area contributed by atoms with Gasteiger partial charge in [-0.05, 0) is 57.0 Å². The number of fused-ring (bicyclic) bond motifs is 1. The number of nitrogens with one attached hydrogen (secondary N) is 1. The number of methoxy groups -OCH3 is 2. The van der Waals surface area contributed by atoms with E-state index in [2.05, 4.69) is 46.3 Å². The Balaban J connectivity index is 1.41. The van der Waals surface area contributed by atoms with Crippen molar-refractivity contribution in [1.29, 1.82) is 0 Å². The zero-order valence-electron chi connectivity index (χ0n) is 18.2. The molecule has 1 saturated heterocycles. The predicted molar refractivity (Wildman–Crippen MR) is 120 cm³/mol. The molecule has 2 aliphatic rings. The van der Waals surface area contributed by atoms with Crippen molar-refractivity contribution in [2.24, 2.45) is 0 Å². The highest BCUT2D eigenvalue weighted by atomic mass is 16.5. The zero-order valence-corrected chi connectivity index (χ0v) is 18.2. The highest BCUT2D eigenvalue weighted by molar-refractivity contribution is 6.00. The van der Waals surface area contributed by atoms with E-state index >= 15 is 0 Å². The maximum atomic E-state index is 13.1. The maximum Gasteiger partial charge on any atom is 0.179 e. The van der Waals surface area contributed by atoms with E-state index in [1.54, 1.807) is 26.4 Å². The van der Waals surface area contributed by atoms with Gasteiger partial charge in [-0.2, -0.15) is 0 Å². The Bertz CT molecular complexity index is 908. The SMILES string of the molecule is COc1ccc(C(=O)C(C)N2CCC(N3c4ccccc4NC3C)CC2)cc1OC. The molecule has 2 heterocycles. The Hall–Kier alpha value is -2.73. The molecule has 0 amide bonds. The van der Waals surface area contributed by atoms with Gasteiger partial charge in [0.25, 0.3) is 0 Å². The summed E-state index contributed by atoms with van der Waals surface area (Å²) < 4.78 is 10.6.